The first-order valence-corrected chi connectivity index (χ1v) is 38.8. The summed E-state index contributed by atoms with van der Waals surface area (Å²) in [6, 6.07) is 0. The molecule has 0 bridgehead atoms. The second-order valence-corrected chi connectivity index (χ2v) is 29.3. The zero-order chi connectivity index (χ0) is 65.2. The van der Waals surface area contributed by atoms with Crippen LogP contribution in [0.3, 0.4) is 0 Å². The number of rotatable bonds is 67. The Hall–Kier alpha value is -1.94. The summed E-state index contributed by atoms with van der Waals surface area (Å²) >= 11 is 0. The largest absolute Gasteiger partial charge is 0.472 e. The lowest BCUT2D eigenvalue weighted by Gasteiger charge is -2.21. The predicted octanol–water partition coefficient (Wildman–Crippen LogP) is 19.5. The van der Waals surface area contributed by atoms with Gasteiger partial charge in [-0.3, -0.25) is 37.3 Å². The van der Waals surface area contributed by atoms with Crippen LogP contribution in [0.5, 0.6) is 0 Å². The normalized spacial score (nSPS) is 14.2. The van der Waals surface area contributed by atoms with Crippen molar-refractivity contribution in [3.63, 3.8) is 0 Å². The number of aliphatic hydroxyl groups excluding tert-OH is 1. The fourth-order valence-electron chi connectivity index (χ4n) is 10.4. The Morgan fingerprint density at radius 2 is 0.523 bits per heavy atom. The van der Waals surface area contributed by atoms with E-state index in [-0.39, 0.29) is 25.7 Å². The Bertz CT molecular complexity index is 1730. The number of carbonyl (C=O) groups is 4. The molecule has 5 atom stereocenters. The molecule has 0 aromatic heterocycles. The van der Waals surface area contributed by atoms with Crippen molar-refractivity contribution < 1.29 is 80.2 Å². The van der Waals surface area contributed by atoms with Crippen molar-refractivity contribution in [2.24, 2.45) is 17.8 Å². The first-order chi connectivity index (χ1) is 42.2. The van der Waals surface area contributed by atoms with E-state index in [1.807, 2.05) is 0 Å². The zero-order valence-corrected chi connectivity index (χ0v) is 59.0. The maximum Gasteiger partial charge on any atom is 0.472 e. The minimum Gasteiger partial charge on any atom is -0.462 e. The Morgan fingerprint density at radius 1 is 0.307 bits per heavy atom. The highest BCUT2D eigenvalue weighted by Crippen LogP contribution is 2.45. The summed E-state index contributed by atoms with van der Waals surface area (Å²) in [6.07, 6.45) is 43.4. The third-order valence-corrected chi connectivity index (χ3v) is 17.8. The van der Waals surface area contributed by atoms with E-state index in [1.165, 1.54) is 148 Å². The summed E-state index contributed by atoms with van der Waals surface area (Å²) in [5.74, 6) is 0.00230. The highest BCUT2D eigenvalue weighted by atomic mass is 31.2. The second-order valence-electron chi connectivity index (χ2n) is 26.3. The molecule has 0 aliphatic rings. The van der Waals surface area contributed by atoms with Gasteiger partial charge in [0.15, 0.2) is 12.2 Å². The van der Waals surface area contributed by atoms with E-state index in [1.54, 1.807) is 0 Å². The SMILES string of the molecule is CCCCCCCCCCCCCCCCC(=O)OC[C@H](COP(=O)(O)OC[C@@H](O)COP(=O)(O)OC[C@@H](COC(=O)CCCCCCCCC(C)C)OC(=O)CCCCCCCCC(C)C)OC(=O)CCCCCCCCCCCCCCCC(C)C. The summed E-state index contributed by atoms with van der Waals surface area (Å²) in [7, 11) is -9.90. The van der Waals surface area contributed by atoms with Crippen LogP contribution in [0, 0.1) is 17.8 Å². The lowest BCUT2D eigenvalue weighted by atomic mass is 10.0. The number of phosphoric acid groups is 2. The van der Waals surface area contributed by atoms with Gasteiger partial charge < -0.3 is 33.8 Å². The van der Waals surface area contributed by atoms with E-state index >= 15 is 0 Å². The van der Waals surface area contributed by atoms with Gasteiger partial charge in [0.2, 0.25) is 0 Å². The van der Waals surface area contributed by atoms with E-state index in [9.17, 15) is 43.2 Å². The average molecular weight is 1300 g/mol. The molecule has 0 heterocycles. The summed E-state index contributed by atoms with van der Waals surface area (Å²) in [5.41, 5.74) is 0. The molecule has 0 fully saturated rings. The Kier molecular flexibility index (Phi) is 58.7. The van der Waals surface area contributed by atoms with Crippen LogP contribution in [0.4, 0.5) is 0 Å². The Morgan fingerprint density at radius 3 is 0.773 bits per heavy atom. The average Bonchev–Trinajstić information content (AvgIpc) is 3.65. The molecule has 0 aromatic carbocycles. The van der Waals surface area contributed by atoms with Crippen LogP contribution < -0.4 is 0 Å². The molecular weight excluding hydrogens is 1160 g/mol. The fourth-order valence-corrected chi connectivity index (χ4v) is 11.9. The van der Waals surface area contributed by atoms with Crippen molar-refractivity contribution in [1.82, 2.24) is 0 Å². The molecule has 0 aliphatic heterocycles. The van der Waals surface area contributed by atoms with Gasteiger partial charge in [-0.15, -0.1) is 0 Å². The van der Waals surface area contributed by atoms with Gasteiger partial charge in [-0.2, -0.15) is 0 Å². The fraction of sp³-hybridized carbons (Fsp3) is 0.942. The molecule has 0 saturated heterocycles. The number of phosphoric ester groups is 2. The van der Waals surface area contributed by atoms with Crippen molar-refractivity contribution in [1.29, 1.82) is 0 Å². The molecule has 17 nitrogen and oxygen atoms in total. The van der Waals surface area contributed by atoms with Gasteiger partial charge in [0, 0.05) is 25.7 Å². The first-order valence-electron chi connectivity index (χ1n) is 35.8. The number of carbonyl (C=O) groups excluding carboxylic acids is 4. The highest BCUT2D eigenvalue weighted by molar-refractivity contribution is 7.47. The molecule has 88 heavy (non-hydrogen) atoms. The van der Waals surface area contributed by atoms with Gasteiger partial charge in [0.05, 0.1) is 26.4 Å². The van der Waals surface area contributed by atoms with Crippen LogP contribution in [-0.4, -0.2) is 96.7 Å². The number of esters is 4. The molecule has 0 radical (unpaired) electrons. The quantitative estimate of drug-likeness (QED) is 0.0222. The minimum atomic E-state index is -4.95. The van der Waals surface area contributed by atoms with Gasteiger partial charge >= 0.3 is 39.5 Å². The number of unbranched alkanes of at least 4 members (excludes halogenated alkanes) is 35. The van der Waals surface area contributed by atoms with Crippen molar-refractivity contribution in [2.45, 2.75) is 362 Å². The molecule has 0 aromatic rings. The number of hydrogen-bond donors (Lipinski definition) is 3. The summed E-state index contributed by atoms with van der Waals surface area (Å²) in [6.45, 7) is 11.7. The van der Waals surface area contributed by atoms with E-state index in [0.717, 1.165) is 102 Å². The molecule has 0 aliphatic carbocycles. The second kappa shape index (κ2) is 60.0. The third kappa shape index (κ3) is 62.8. The van der Waals surface area contributed by atoms with Crippen molar-refractivity contribution in [3.05, 3.63) is 0 Å². The molecule has 0 amide bonds. The molecular formula is C69H134O17P2. The first kappa shape index (κ1) is 86.1. The molecule has 522 valence electrons. The predicted molar refractivity (Wildman–Crippen MR) is 354 cm³/mol. The van der Waals surface area contributed by atoms with Gasteiger partial charge in [0.25, 0.3) is 0 Å². The Balaban J connectivity index is 5.22. The van der Waals surface area contributed by atoms with Gasteiger partial charge in [-0.1, -0.05) is 292 Å². The van der Waals surface area contributed by atoms with Crippen LogP contribution in [0.1, 0.15) is 344 Å². The van der Waals surface area contributed by atoms with Crippen LogP contribution in [0.25, 0.3) is 0 Å². The maximum atomic E-state index is 13.0. The summed E-state index contributed by atoms with van der Waals surface area (Å²) in [5, 5.41) is 10.6. The Labute approximate surface area is 537 Å². The van der Waals surface area contributed by atoms with Gasteiger partial charge in [-0.05, 0) is 43.4 Å². The molecule has 19 heteroatoms. The van der Waals surface area contributed by atoms with E-state index in [4.69, 9.17) is 37.0 Å². The highest BCUT2D eigenvalue weighted by Gasteiger charge is 2.30. The maximum absolute atomic E-state index is 13.0. The van der Waals surface area contributed by atoms with Crippen LogP contribution in [0.15, 0.2) is 0 Å². The third-order valence-electron chi connectivity index (χ3n) is 15.9. The van der Waals surface area contributed by atoms with Crippen LogP contribution >= 0.6 is 15.6 Å². The zero-order valence-electron chi connectivity index (χ0n) is 57.2. The molecule has 0 rings (SSSR count). The van der Waals surface area contributed by atoms with Crippen LogP contribution in [0.2, 0.25) is 0 Å². The number of hydrogen-bond acceptors (Lipinski definition) is 15. The van der Waals surface area contributed by atoms with Crippen molar-refractivity contribution in [2.75, 3.05) is 39.6 Å². The van der Waals surface area contributed by atoms with Crippen molar-refractivity contribution in [3.8, 4) is 0 Å². The minimum absolute atomic E-state index is 0.101. The standard InChI is InChI=1S/C69H134O17P2/c1-8-9-10-11-12-13-14-15-18-21-24-27-36-43-50-66(71)79-56-64(85-68(73)52-45-38-28-25-22-19-16-17-20-23-26-33-40-47-60(2)3)58-83-87(75,76)81-54-63(70)55-82-88(77,78)84-59-65(86-69(74)53-46-39-32-30-35-42-49-62(6)7)57-80-67(72)51-44-37-31-29-34-41-48-61(4)5/h60-65,70H,8-59H2,1-7H3,(H,75,76)(H,77,78)/t63-,64-,65-/m1/s1. The number of ether oxygens (including phenoxy) is 4. The molecule has 2 unspecified atom stereocenters. The number of aliphatic hydroxyl groups is 1. The summed E-state index contributed by atoms with van der Waals surface area (Å²) in [4.78, 5) is 72.4. The van der Waals surface area contributed by atoms with Crippen LogP contribution in [-0.2, 0) is 65.4 Å². The molecule has 0 spiro atoms. The smallest absolute Gasteiger partial charge is 0.462 e. The van der Waals surface area contributed by atoms with Crippen molar-refractivity contribution >= 4 is 39.5 Å². The molecule has 0 saturated carbocycles. The summed E-state index contributed by atoms with van der Waals surface area (Å²) < 4.78 is 68.2. The molecule has 3 N–H and O–H groups in total. The van der Waals surface area contributed by atoms with Gasteiger partial charge in [-0.25, -0.2) is 9.13 Å². The van der Waals surface area contributed by atoms with Gasteiger partial charge in [0.1, 0.15) is 19.3 Å². The lowest BCUT2D eigenvalue weighted by molar-refractivity contribution is -0.161. The monoisotopic (exact) mass is 1300 g/mol. The van der Waals surface area contributed by atoms with E-state index < -0.39 is 97.5 Å². The lowest BCUT2D eigenvalue weighted by Crippen LogP contribution is -2.30. The van der Waals surface area contributed by atoms with E-state index in [0.29, 0.717) is 37.5 Å². The topological polar surface area (TPSA) is 237 Å². The van der Waals surface area contributed by atoms with E-state index in [2.05, 4.69) is 48.5 Å².